The van der Waals surface area contributed by atoms with Crippen molar-refractivity contribution in [2.24, 2.45) is 0 Å². The van der Waals surface area contributed by atoms with E-state index < -0.39 is 10.0 Å². The molecule has 164 valence electrons. The molecule has 0 saturated heterocycles. The van der Waals surface area contributed by atoms with Crippen LogP contribution in [0.2, 0.25) is 0 Å². The average molecular weight is 469 g/mol. The number of imidazole rings is 1. The summed E-state index contributed by atoms with van der Waals surface area (Å²) in [4.78, 5) is 16.5. The number of aryl methyl sites for hydroxylation is 2. The monoisotopic (exact) mass is 468 g/mol. The average Bonchev–Trinajstić information content (AvgIpc) is 3.42. The lowest BCUT2D eigenvalue weighted by atomic mass is 10.1. The van der Waals surface area contributed by atoms with Crippen molar-refractivity contribution in [1.29, 1.82) is 0 Å². The van der Waals surface area contributed by atoms with Gasteiger partial charge in [-0.25, -0.2) is 18.1 Å². The molecule has 0 atom stereocenters. The fraction of sp³-hybridized carbons (Fsp3) is 0.143. The zero-order valence-corrected chi connectivity index (χ0v) is 18.9. The van der Waals surface area contributed by atoms with Crippen LogP contribution in [0.1, 0.15) is 27.3 Å². The molecule has 1 amide bonds. The molecule has 0 radical (unpaired) electrons. The number of amides is 1. The molecule has 0 spiro atoms. The SMILES string of the molecule is Cc1ccc(C(=O)Nc2nnc(S(=O)(=O)NCc3ccccc3-n3ccnc3C)s2)cc1. The van der Waals surface area contributed by atoms with E-state index in [0.29, 0.717) is 5.56 Å². The minimum Gasteiger partial charge on any atom is -0.304 e. The number of nitrogens with zero attached hydrogens (tertiary/aromatic N) is 4. The Morgan fingerprint density at radius 3 is 2.53 bits per heavy atom. The Kier molecular flexibility index (Phi) is 6.12. The van der Waals surface area contributed by atoms with Gasteiger partial charge >= 0.3 is 0 Å². The maximum atomic E-state index is 12.7. The van der Waals surface area contributed by atoms with Crippen molar-refractivity contribution in [3.63, 3.8) is 0 Å². The van der Waals surface area contributed by atoms with Crippen LogP contribution < -0.4 is 10.0 Å². The summed E-state index contributed by atoms with van der Waals surface area (Å²) in [7, 11) is -3.92. The van der Waals surface area contributed by atoms with Gasteiger partial charge in [0.15, 0.2) is 0 Å². The molecule has 0 fully saturated rings. The normalized spacial score (nSPS) is 11.4. The van der Waals surface area contributed by atoms with Gasteiger partial charge in [0, 0.05) is 24.5 Å². The Bertz CT molecular complexity index is 1360. The minimum absolute atomic E-state index is 0.0563. The van der Waals surface area contributed by atoms with Crippen LogP contribution in [0.25, 0.3) is 5.69 Å². The van der Waals surface area contributed by atoms with Gasteiger partial charge in [-0.3, -0.25) is 10.1 Å². The van der Waals surface area contributed by atoms with E-state index in [1.165, 1.54) is 0 Å². The highest BCUT2D eigenvalue weighted by atomic mass is 32.2. The van der Waals surface area contributed by atoms with Gasteiger partial charge in [0.1, 0.15) is 5.82 Å². The maximum Gasteiger partial charge on any atom is 0.270 e. The number of rotatable bonds is 7. The first-order valence-corrected chi connectivity index (χ1v) is 11.9. The molecule has 0 unspecified atom stereocenters. The van der Waals surface area contributed by atoms with Gasteiger partial charge in [0.05, 0.1) is 5.69 Å². The number of para-hydroxylation sites is 1. The molecule has 2 heterocycles. The molecule has 0 aliphatic rings. The number of hydrogen-bond acceptors (Lipinski definition) is 7. The van der Waals surface area contributed by atoms with Crippen LogP contribution in [0, 0.1) is 13.8 Å². The number of carbonyl (C=O) groups excluding carboxylic acids is 1. The number of carbonyl (C=O) groups is 1. The lowest BCUT2D eigenvalue weighted by Gasteiger charge is -2.12. The van der Waals surface area contributed by atoms with Crippen LogP contribution in [0.5, 0.6) is 0 Å². The van der Waals surface area contributed by atoms with E-state index in [1.807, 2.05) is 61.0 Å². The van der Waals surface area contributed by atoms with E-state index in [9.17, 15) is 13.2 Å². The Morgan fingerprint density at radius 1 is 1.06 bits per heavy atom. The number of nitrogens with one attached hydrogen (secondary N) is 2. The molecule has 0 aliphatic heterocycles. The second-order valence-corrected chi connectivity index (χ2v) is 9.91. The summed E-state index contributed by atoms with van der Waals surface area (Å²) in [5.74, 6) is 0.404. The Labute approximate surface area is 189 Å². The van der Waals surface area contributed by atoms with Crippen molar-refractivity contribution in [3.05, 3.63) is 83.4 Å². The van der Waals surface area contributed by atoms with Crippen molar-refractivity contribution in [1.82, 2.24) is 24.5 Å². The van der Waals surface area contributed by atoms with Crippen LogP contribution in [0.3, 0.4) is 0 Å². The highest BCUT2D eigenvalue weighted by molar-refractivity contribution is 7.91. The van der Waals surface area contributed by atoms with Gasteiger partial charge in [-0.1, -0.05) is 47.2 Å². The topological polar surface area (TPSA) is 119 Å². The second kappa shape index (κ2) is 8.99. The molecular weight excluding hydrogens is 448 g/mol. The van der Waals surface area contributed by atoms with E-state index >= 15 is 0 Å². The Hall–Kier alpha value is -3.41. The van der Waals surface area contributed by atoms with Crippen molar-refractivity contribution in [3.8, 4) is 5.69 Å². The molecule has 2 aromatic heterocycles. The first-order valence-electron chi connectivity index (χ1n) is 9.63. The fourth-order valence-corrected chi connectivity index (χ4v) is 4.95. The van der Waals surface area contributed by atoms with Gasteiger partial charge in [0.25, 0.3) is 15.9 Å². The van der Waals surface area contributed by atoms with Gasteiger partial charge < -0.3 is 4.57 Å². The smallest absolute Gasteiger partial charge is 0.270 e. The molecule has 0 saturated carbocycles. The van der Waals surface area contributed by atoms with Crippen LogP contribution >= 0.6 is 11.3 Å². The van der Waals surface area contributed by atoms with Crippen molar-refractivity contribution >= 4 is 32.4 Å². The Morgan fingerprint density at radius 2 is 1.81 bits per heavy atom. The zero-order valence-electron chi connectivity index (χ0n) is 17.3. The summed E-state index contributed by atoms with van der Waals surface area (Å²) in [6, 6.07) is 14.4. The third-order valence-electron chi connectivity index (χ3n) is 4.70. The van der Waals surface area contributed by atoms with E-state index in [-0.39, 0.29) is 21.9 Å². The van der Waals surface area contributed by atoms with E-state index in [4.69, 9.17) is 0 Å². The first-order chi connectivity index (χ1) is 15.3. The molecule has 9 nitrogen and oxygen atoms in total. The number of sulfonamides is 1. The highest BCUT2D eigenvalue weighted by Crippen LogP contribution is 2.22. The minimum atomic E-state index is -3.92. The number of anilines is 1. The zero-order chi connectivity index (χ0) is 22.7. The summed E-state index contributed by atoms with van der Waals surface area (Å²) in [6.07, 6.45) is 3.50. The van der Waals surface area contributed by atoms with E-state index in [1.54, 1.807) is 18.3 Å². The molecule has 4 aromatic rings. The van der Waals surface area contributed by atoms with Gasteiger partial charge in [-0.2, -0.15) is 0 Å². The maximum absolute atomic E-state index is 12.7. The Balaban J connectivity index is 1.46. The molecule has 4 rings (SSSR count). The molecule has 32 heavy (non-hydrogen) atoms. The lowest BCUT2D eigenvalue weighted by molar-refractivity contribution is 0.102. The number of benzene rings is 2. The standard InChI is InChI=1S/C21H20N6O3S2/c1-14-7-9-16(10-8-14)19(28)24-20-25-26-21(31-20)32(29,30)23-13-17-5-3-4-6-18(17)27-12-11-22-15(27)2/h3-12,23H,13H2,1-2H3,(H,24,25,28). The van der Waals surface area contributed by atoms with Gasteiger partial charge in [-0.15, -0.1) is 10.2 Å². The van der Waals surface area contributed by atoms with Gasteiger partial charge in [0.2, 0.25) is 9.47 Å². The lowest BCUT2D eigenvalue weighted by Crippen LogP contribution is -2.24. The largest absolute Gasteiger partial charge is 0.304 e. The predicted octanol–water partition coefficient (Wildman–Crippen LogP) is 3.07. The van der Waals surface area contributed by atoms with Crippen LogP contribution in [0.4, 0.5) is 5.13 Å². The summed E-state index contributed by atoms with van der Waals surface area (Å²) in [5, 5.41) is 10.2. The fourth-order valence-electron chi connectivity index (χ4n) is 3.01. The molecule has 2 aromatic carbocycles. The number of hydrogen-bond donors (Lipinski definition) is 2. The molecule has 2 N–H and O–H groups in total. The summed E-state index contributed by atoms with van der Waals surface area (Å²) in [5.41, 5.74) is 3.07. The van der Waals surface area contributed by atoms with Crippen molar-refractivity contribution in [2.75, 3.05) is 5.32 Å². The quantitative estimate of drug-likeness (QED) is 0.402. The summed E-state index contributed by atoms with van der Waals surface area (Å²) in [6.45, 7) is 3.85. The summed E-state index contributed by atoms with van der Waals surface area (Å²) < 4.78 is 29.7. The van der Waals surface area contributed by atoms with E-state index in [2.05, 4.69) is 25.2 Å². The molecular formula is C21H20N6O3S2. The van der Waals surface area contributed by atoms with Crippen LogP contribution in [-0.2, 0) is 16.6 Å². The molecule has 0 bridgehead atoms. The van der Waals surface area contributed by atoms with Crippen LogP contribution in [-0.4, -0.2) is 34.1 Å². The highest BCUT2D eigenvalue weighted by Gasteiger charge is 2.21. The van der Waals surface area contributed by atoms with Crippen molar-refractivity contribution in [2.45, 2.75) is 24.7 Å². The third-order valence-corrected chi connectivity index (χ3v) is 7.31. The predicted molar refractivity (Wildman–Crippen MR) is 121 cm³/mol. The third kappa shape index (κ3) is 4.74. The first kappa shape index (κ1) is 21.8. The second-order valence-electron chi connectivity index (χ2n) is 6.99. The molecule has 0 aliphatic carbocycles. The number of aromatic nitrogens is 4. The van der Waals surface area contributed by atoms with Crippen LogP contribution in [0.15, 0.2) is 65.3 Å². The van der Waals surface area contributed by atoms with E-state index in [0.717, 1.165) is 34.0 Å². The summed E-state index contributed by atoms with van der Waals surface area (Å²) >= 11 is 0.786. The molecule has 11 heteroatoms. The van der Waals surface area contributed by atoms with Gasteiger partial charge in [-0.05, 0) is 37.6 Å². The van der Waals surface area contributed by atoms with Crippen molar-refractivity contribution < 1.29 is 13.2 Å².